The molecule has 2 saturated carbocycles. The Hall–Kier alpha value is -2.17. The number of benzene rings is 1. The third-order valence-corrected chi connectivity index (χ3v) is 7.82. The summed E-state index contributed by atoms with van der Waals surface area (Å²) in [6, 6.07) is 7.21. The molecule has 0 aromatic heterocycles. The Morgan fingerprint density at radius 2 is 1.50 bits per heavy atom. The van der Waals surface area contributed by atoms with Gasteiger partial charge in [0.2, 0.25) is 17.7 Å². The molecule has 3 aliphatic rings. The summed E-state index contributed by atoms with van der Waals surface area (Å²) in [7, 11) is 0. The highest BCUT2D eigenvalue weighted by atomic mass is 16.2. The molecule has 5 heteroatoms. The van der Waals surface area contributed by atoms with Gasteiger partial charge in [-0.1, -0.05) is 64.4 Å². The van der Waals surface area contributed by atoms with Gasteiger partial charge in [-0.3, -0.25) is 14.4 Å². The van der Waals surface area contributed by atoms with E-state index in [1.807, 2.05) is 12.1 Å². The Kier molecular flexibility index (Phi) is 7.64. The minimum atomic E-state index is -0.119. The first-order chi connectivity index (χ1) is 15.6. The van der Waals surface area contributed by atoms with Crippen molar-refractivity contribution in [3.05, 3.63) is 24.3 Å². The van der Waals surface area contributed by atoms with Gasteiger partial charge in [0.1, 0.15) is 0 Å². The maximum Gasteiger partial charge on any atom is 0.237 e. The van der Waals surface area contributed by atoms with Crippen molar-refractivity contribution in [3.8, 4) is 0 Å². The highest BCUT2D eigenvalue weighted by Crippen LogP contribution is 2.56. The van der Waals surface area contributed by atoms with Gasteiger partial charge < -0.3 is 5.32 Å². The van der Waals surface area contributed by atoms with Crippen LogP contribution in [-0.2, 0) is 14.4 Å². The van der Waals surface area contributed by atoms with Crippen molar-refractivity contribution in [2.75, 3.05) is 10.2 Å². The van der Waals surface area contributed by atoms with E-state index in [9.17, 15) is 14.4 Å². The monoisotopic (exact) mass is 438 g/mol. The van der Waals surface area contributed by atoms with Crippen LogP contribution in [0.5, 0.6) is 0 Å². The Balaban J connectivity index is 1.23. The lowest BCUT2D eigenvalue weighted by molar-refractivity contribution is -0.123. The molecule has 0 spiro atoms. The average molecular weight is 439 g/mol. The van der Waals surface area contributed by atoms with Gasteiger partial charge >= 0.3 is 0 Å². The maximum atomic E-state index is 13.0. The number of nitrogens with zero attached hydrogens (tertiary/aromatic N) is 1. The molecule has 1 aromatic rings. The Labute approximate surface area is 192 Å². The molecule has 2 bridgehead atoms. The van der Waals surface area contributed by atoms with E-state index in [0.717, 1.165) is 32.1 Å². The van der Waals surface area contributed by atoms with Crippen LogP contribution in [0.2, 0.25) is 0 Å². The maximum absolute atomic E-state index is 13.0. The molecule has 2 aliphatic carbocycles. The van der Waals surface area contributed by atoms with Crippen molar-refractivity contribution >= 4 is 29.1 Å². The van der Waals surface area contributed by atoms with E-state index in [1.165, 1.54) is 49.8 Å². The van der Waals surface area contributed by atoms with E-state index in [4.69, 9.17) is 0 Å². The van der Waals surface area contributed by atoms with Crippen molar-refractivity contribution in [2.45, 2.75) is 90.4 Å². The zero-order valence-corrected chi connectivity index (χ0v) is 19.5. The van der Waals surface area contributed by atoms with E-state index in [-0.39, 0.29) is 29.6 Å². The molecule has 5 nitrogen and oxygen atoms in total. The van der Waals surface area contributed by atoms with Gasteiger partial charge in [0.15, 0.2) is 0 Å². The summed E-state index contributed by atoms with van der Waals surface area (Å²) in [5.41, 5.74) is 1.25. The lowest BCUT2D eigenvalue weighted by Gasteiger charge is -2.19. The number of fused-ring (bicyclic) bond motifs is 5. The SMILES string of the molecule is CCCCCCCCCCCC(=O)Nc1cccc(N2C(=O)[C@@H]3[C@H]4CC[C@@H](C4)[C@@H]3C2=O)c1. The van der Waals surface area contributed by atoms with E-state index in [2.05, 4.69) is 12.2 Å². The van der Waals surface area contributed by atoms with Gasteiger partial charge in [0.25, 0.3) is 0 Å². The highest BCUT2D eigenvalue weighted by Gasteiger charge is 2.61. The zero-order valence-electron chi connectivity index (χ0n) is 19.5. The number of unbranched alkanes of at least 4 members (excludes halogenated alkanes) is 8. The van der Waals surface area contributed by atoms with Crippen molar-refractivity contribution in [2.24, 2.45) is 23.7 Å². The standard InChI is InChI=1S/C27H38N2O3/c1-2-3-4-5-6-7-8-9-10-14-23(30)28-21-12-11-13-22(18-21)29-26(31)24-19-15-16-20(17-19)25(24)27(29)32/h11-13,18-20,24-25H,2-10,14-17H2,1H3,(H,28,30)/t19-,20-,24-,25+/m0/s1. The minimum Gasteiger partial charge on any atom is -0.326 e. The molecule has 3 fully saturated rings. The zero-order chi connectivity index (χ0) is 22.5. The summed E-state index contributed by atoms with van der Waals surface area (Å²) < 4.78 is 0. The predicted octanol–water partition coefficient (Wildman–Crippen LogP) is 6.08. The second kappa shape index (κ2) is 10.6. The molecular weight excluding hydrogens is 400 g/mol. The number of imide groups is 1. The third kappa shape index (κ3) is 4.92. The molecule has 0 unspecified atom stereocenters. The van der Waals surface area contributed by atoms with Crippen LogP contribution in [0.1, 0.15) is 90.4 Å². The van der Waals surface area contributed by atoms with E-state index in [0.29, 0.717) is 29.6 Å². The number of hydrogen-bond acceptors (Lipinski definition) is 3. The lowest BCUT2D eigenvalue weighted by atomic mass is 9.81. The Bertz CT molecular complexity index is 808. The molecule has 1 aromatic carbocycles. The van der Waals surface area contributed by atoms with Crippen LogP contribution in [0.4, 0.5) is 11.4 Å². The number of carbonyl (C=O) groups excluding carboxylic acids is 3. The van der Waals surface area contributed by atoms with Gasteiger partial charge in [-0.15, -0.1) is 0 Å². The summed E-state index contributed by atoms with van der Waals surface area (Å²) in [6.45, 7) is 2.24. The van der Waals surface area contributed by atoms with E-state index in [1.54, 1.807) is 12.1 Å². The van der Waals surface area contributed by atoms with Crippen LogP contribution in [0.3, 0.4) is 0 Å². The number of hydrogen-bond donors (Lipinski definition) is 1. The number of rotatable bonds is 12. The lowest BCUT2D eigenvalue weighted by Crippen LogP contribution is -2.32. The first-order valence-corrected chi connectivity index (χ1v) is 12.9. The van der Waals surface area contributed by atoms with Crippen molar-refractivity contribution in [3.63, 3.8) is 0 Å². The van der Waals surface area contributed by atoms with Gasteiger partial charge in [0, 0.05) is 12.1 Å². The van der Waals surface area contributed by atoms with Gasteiger partial charge in [-0.05, 0) is 55.7 Å². The minimum absolute atomic E-state index is 0.000848. The second-order valence-electron chi connectivity index (χ2n) is 10.1. The molecule has 4 atom stereocenters. The summed E-state index contributed by atoms with van der Waals surface area (Å²) >= 11 is 0. The molecule has 174 valence electrons. The van der Waals surface area contributed by atoms with Crippen LogP contribution in [-0.4, -0.2) is 17.7 Å². The first-order valence-electron chi connectivity index (χ1n) is 12.9. The summed E-state index contributed by atoms with van der Waals surface area (Å²) in [6.07, 6.45) is 14.7. The van der Waals surface area contributed by atoms with Crippen molar-refractivity contribution in [1.82, 2.24) is 0 Å². The third-order valence-electron chi connectivity index (χ3n) is 7.82. The molecule has 1 heterocycles. The first kappa shape index (κ1) is 23.0. The molecule has 1 saturated heterocycles. The molecule has 4 rings (SSSR count). The summed E-state index contributed by atoms with van der Waals surface area (Å²) in [5, 5.41) is 2.95. The van der Waals surface area contributed by atoms with Gasteiger partial charge in [-0.25, -0.2) is 4.90 Å². The van der Waals surface area contributed by atoms with Crippen LogP contribution in [0.15, 0.2) is 24.3 Å². The molecule has 32 heavy (non-hydrogen) atoms. The fourth-order valence-corrected chi connectivity index (χ4v) is 6.21. The molecule has 3 amide bonds. The van der Waals surface area contributed by atoms with Crippen LogP contribution >= 0.6 is 0 Å². The van der Waals surface area contributed by atoms with Crippen LogP contribution in [0, 0.1) is 23.7 Å². The quantitative estimate of drug-likeness (QED) is 0.318. The fraction of sp³-hybridized carbons (Fsp3) is 0.667. The largest absolute Gasteiger partial charge is 0.326 e. The number of anilines is 2. The molecular formula is C27H38N2O3. The number of amides is 3. The summed E-state index contributed by atoms with van der Waals surface area (Å²) in [4.78, 5) is 39.8. The summed E-state index contributed by atoms with van der Waals surface area (Å²) in [5.74, 6) is 0.448. The molecule has 0 radical (unpaired) electrons. The normalized spacial score (nSPS) is 26.1. The van der Waals surface area contributed by atoms with Gasteiger partial charge in [0.05, 0.1) is 17.5 Å². The second-order valence-corrected chi connectivity index (χ2v) is 10.1. The van der Waals surface area contributed by atoms with Crippen LogP contribution in [0.25, 0.3) is 0 Å². The van der Waals surface area contributed by atoms with Crippen molar-refractivity contribution in [1.29, 1.82) is 0 Å². The Morgan fingerprint density at radius 3 is 2.12 bits per heavy atom. The molecule has 1 N–H and O–H groups in total. The topological polar surface area (TPSA) is 66.5 Å². The smallest absolute Gasteiger partial charge is 0.237 e. The highest BCUT2D eigenvalue weighted by molar-refractivity contribution is 6.22. The van der Waals surface area contributed by atoms with Crippen LogP contribution < -0.4 is 10.2 Å². The van der Waals surface area contributed by atoms with Gasteiger partial charge in [-0.2, -0.15) is 0 Å². The van der Waals surface area contributed by atoms with Crippen molar-refractivity contribution < 1.29 is 14.4 Å². The fourth-order valence-electron chi connectivity index (χ4n) is 6.21. The van der Waals surface area contributed by atoms with E-state index < -0.39 is 0 Å². The molecule has 1 aliphatic heterocycles. The predicted molar refractivity (Wildman–Crippen MR) is 127 cm³/mol. The number of nitrogens with one attached hydrogen (secondary N) is 1. The van der Waals surface area contributed by atoms with E-state index >= 15 is 0 Å². The Morgan fingerprint density at radius 1 is 0.906 bits per heavy atom. The average Bonchev–Trinajstić information content (AvgIpc) is 3.46. The number of carbonyl (C=O) groups is 3.